The Morgan fingerprint density at radius 3 is 2.95 bits per heavy atom. The summed E-state index contributed by atoms with van der Waals surface area (Å²) in [6.45, 7) is 0. The van der Waals surface area contributed by atoms with Crippen LogP contribution in [0.2, 0.25) is 0 Å². The largest absolute Gasteiger partial charge is 0.480 e. The van der Waals surface area contributed by atoms with Gasteiger partial charge in [0.25, 0.3) is 0 Å². The van der Waals surface area contributed by atoms with E-state index < -0.39 is 17.8 Å². The number of hydrogen-bond donors (Lipinski definition) is 2. The topological polar surface area (TPSA) is 90.2 Å². The average Bonchev–Trinajstić information content (AvgIpc) is 2.43. The number of carbonyl (C=O) groups is 2. The van der Waals surface area contributed by atoms with Crippen LogP contribution in [0, 0.1) is 17.1 Å². The summed E-state index contributed by atoms with van der Waals surface area (Å²) >= 11 is 1.34. The molecule has 0 heterocycles. The summed E-state index contributed by atoms with van der Waals surface area (Å²) in [6, 6.07) is 5.11. The van der Waals surface area contributed by atoms with Crippen LogP contribution in [0.15, 0.2) is 18.2 Å². The molecule has 0 radical (unpaired) electrons. The highest BCUT2D eigenvalue weighted by atomic mass is 32.2. The molecular formula is C13H13FN2O3S. The van der Waals surface area contributed by atoms with Gasteiger partial charge in [-0.05, 0) is 35.9 Å². The zero-order valence-electron chi connectivity index (χ0n) is 10.5. The van der Waals surface area contributed by atoms with Crippen LogP contribution in [0.4, 0.5) is 4.39 Å². The zero-order chi connectivity index (χ0) is 15.0. The molecule has 1 aromatic rings. The van der Waals surface area contributed by atoms with Crippen molar-refractivity contribution in [3.05, 3.63) is 35.1 Å². The van der Waals surface area contributed by atoms with Crippen molar-refractivity contribution in [1.82, 2.24) is 5.32 Å². The molecule has 0 aromatic heterocycles. The Balaban J connectivity index is 2.46. The van der Waals surface area contributed by atoms with Gasteiger partial charge in [0.1, 0.15) is 11.9 Å². The Morgan fingerprint density at radius 1 is 1.60 bits per heavy atom. The monoisotopic (exact) mass is 296 g/mol. The predicted octanol–water partition coefficient (Wildman–Crippen LogP) is 1.52. The first-order valence-corrected chi connectivity index (χ1v) is 6.92. The zero-order valence-corrected chi connectivity index (χ0v) is 11.3. The maximum Gasteiger partial charge on any atom is 0.326 e. The van der Waals surface area contributed by atoms with E-state index in [-0.39, 0.29) is 6.42 Å². The normalized spacial score (nSPS) is 11.4. The Kier molecular flexibility index (Phi) is 6.53. The molecule has 0 bridgehead atoms. The van der Waals surface area contributed by atoms with E-state index in [1.165, 1.54) is 30.0 Å². The fourth-order valence-electron chi connectivity index (χ4n) is 1.50. The summed E-state index contributed by atoms with van der Waals surface area (Å²) in [7, 11) is 0. The second-order valence-corrected chi connectivity index (χ2v) is 5.04. The molecule has 5 nitrogen and oxygen atoms in total. The number of benzene rings is 1. The van der Waals surface area contributed by atoms with E-state index in [1.807, 2.05) is 6.07 Å². The van der Waals surface area contributed by atoms with Crippen molar-refractivity contribution in [2.75, 3.05) is 5.75 Å². The summed E-state index contributed by atoms with van der Waals surface area (Å²) in [6.07, 6.45) is 0.595. The number of nitrogens with one attached hydrogen (secondary N) is 1. The fraction of sp³-hybridized carbons (Fsp3) is 0.308. The number of carboxylic acids is 1. The molecule has 0 fully saturated rings. The number of hydrogen-bond acceptors (Lipinski definition) is 4. The van der Waals surface area contributed by atoms with E-state index in [1.54, 1.807) is 0 Å². The first-order valence-electron chi connectivity index (χ1n) is 5.77. The summed E-state index contributed by atoms with van der Waals surface area (Å²) in [4.78, 5) is 21.0. The van der Waals surface area contributed by atoms with E-state index in [9.17, 15) is 14.0 Å². The smallest absolute Gasteiger partial charge is 0.326 e. The Hall–Kier alpha value is -2.07. The van der Waals surface area contributed by atoms with E-state index in [2.05, 4.69) is 5.32 Å². The molecule has 1 aromatic carbocycles. The number of nitriles is 1. The van der Waals surface area contributed by atoms with Crippen molar-refractivity contribution in [1.29, 1.82) is 5.26 Å². The van der Waals surface area contributed by atoms with Crippen LogP contribution in [0.3, 0.4) is 0 Å². The lowest BCUT2D eigenvalue weighted by Gasteiger charge is -2.10. The molecule has 0 saturated carbocycles. The summed E-state index contributed by atoms with van der Waals surface area (Å²) in [5.41, 5.74) is 0.789. The average molecular weight is 296 g/mol. The van der Waals surface area contributed by atoms with Crippen molar-refractivity contribution in [2.24, 2.45) is 0 Å². The van der Waals surface area contributed by atoms with E-state index in [4.69, 9.17) is 10.4 Å². The molecule has 0 aliphatic heterocycles. The van der Waals surface area contributed by atoms with Gasteiger partial charge in [0.15, 0.2) is 0 Å². The lowest BCUT2D eigenvalue weighted by Crippen LogP contribution is -2.36. The number of thioether (sulfide) groups is 1. The minimum Gasteiger partial charge on any atom is -0.480 e. The van der Waals surface area contributed by atoms with Gasteiger partial charge in [0.05, 0.1) is 11.6 Å². The summed E-state index contributed by atoms with van der Waals surface area (Å²) in [5.74, 6) is -0.698. The van der Waals surface area contributed by atoms with Gasteiger partial charge in [-0.2, -0.15) is 17.0 Å². The van der Waals surface area contributed by atoms with Crippen molar-refractivity contribution in [2.45, 2.75) is 18.2 Å². The number of carboxylic acid groups (broad SMARTS) is 1. The molecule has 1 rings (SSSR count). The summed E-state index contributed by atoms with van der Waals surface area (Å²) in [5, 5.41) is 19.7. The van der Waals surface area contributed by atoms with Gasteiger partial charge in [-0.15, -0.1) is 0 Å². The number of halogens is 1. The van der Waals surface area contributed by atoms with Crippen molar-refractivity contribution < 1.29 is 19.1 Å². The van der Waals surface area contributed by atoms with Crippen molar-refractivity contribution >= 4 is 24.1 Å². The minimum absolute atomic E-state index is 0.248. The van der Waals surface area contributed by atoms with E-state index in [0.29, 0.717) is 29.0 Å². The third-order valence-electron chi connectivity index (χ3n) is 2.55. The van der Waals surface area contributed by atoms with Gasteiger partial charge in [0.2, 0.25) is 6.41 Å². The molecule has 0 aliphatic rings. The Labute approximate surface area is 119 Å². The van der Waals surface area contributed by atoms with Crippen LogP contribution >= 0.6 is 11.8 Å². The van der Waals surface area contributed by atoms with Crippen LogP contribution in [0.5, 0.6) is 0 Å². The Bertz CT molecular complexity index is 531. The van der Waals surface area contributed by atoms with Crippen molar-refractivity contribution in [3.8, 4) is 6.07 Å². The van der Waals surface area contributed by atoms with Crippen LogP contribution < -0.4 is 5.32 Å². The Morgan fingerprint density at radius 2 is 2.35 bits per heavy atom. The summed E-state index contributed by atoms with van der Waals surface area (Å²) < 4.78 is 13.5. The van der Waals surface area contributed by atoms with E-state index in [0.717, 1.165) is 0 Å². The number of nitrogens with zero attached hydrogens (tertiary/aromatic N) is 1. The molecule has 2 N–H and O–H groups in total. The van der Waals surface area contributed by atoms with Gasteiger partial charge in [-0.3, -0.25) is 4.79 Å². The second-order valence-electron chi connectivity index (χ2n) is 3.93. The molecule has 7 heteroatoms. The molecule has 106 valence electrons. The first-order chi connectivity index (χ1) is 9.58. The highest BCUT2D eigenvalue weighted by Gasteiger charge is 2.15. The molecular weight excluding hydrogens is 283 g/mol. The third-order valence-corrected chi connectivity index (χ3v) is 3.59. The standard InChI is InChI=1S/C13H13FN2O3S/c14-11-2-1-9(6-15)5-10(11)7-20-4-3-12(13(18)19)16-8-17/h1-2,5,8,12H,3-4,7H2,(H,16,17)(H,18,19). The van der Waals surface area contributed by atoms with Gasteiger partial charge < -0.3 is 10.4 Å². The number of amides is 1. The van der Waals surface area contributed by atoms with Crippen LogP contribution in [0.1, 0.15) is 17.5 Å². The molecule has 1 unspecified atom stereocenters. The second kappa shape index (κ2) is 8.17. The number of rotatable bonds is 8. The van der Waals surface area contributed by atoms with Gasteiger partial charge in [-0.25, -0.2) is 9.18 Å². The molecule has 20 heavy (non-hydrogen) atoms. The first kappa shape index (κ1) is 16.0. The molecule has 0 aliphatic carbocycles. The van der Waals surface area contributed by atoms with E-state index >= 15 is 0 Å². The lowest BCUT2D eigenvalue weighted by atomic mass is 10.1. The fourth-order valence-corrected chi connectivity index (χ4v) is 2.49. The van der Waals surface area contributed by atoms with Gasteiger partial charge >= 0.3 is 5.97 Å². The molecule has 1 atom stereocenters. The minimum atomic E-state index is -1.10. The predicted molar refractivity (Wildman–Crippen MR) is 72.5 cm³/mol. The van der Waals surface area contributed by atoms with Crippen LogP contribution in [0.25, 0.3) is 0 Å². The number of aliphatic carboxylic acids is 1. The molecule has 0 spiro atoms. The number of carbonyl (C=O) groups excluding carboxylic acids is 1. The van der Waals surface area contributed by atoms with Gasteiger partial charge in [-0.1, -0.05) is 0 Å². The van der Waals surface area contributed by atoms with Crippen LogP contribution in [-0.2, 0) is 15.3 Å². The highest BCUT2D eigenvalue weighted by Crippen LogP contribution is 2.18. The maximum absolute atomic E-state index is 13.5. The third kappa shape index (κ3) is 4.90. The maximum atomic E-state index is 13.5. The SMILES string of the molecule is N#Cc1ccc(F)c(CSCCC(NC=O)C(=O)O)c1. The quantitative estimate of drug-likeness (QED) is 0.560. The van der Waals surface area contributed by atoms with Crippen molar-refractivity contribution in [3.63, 3.8) is 0 Å². The lowest BCUT2D eigenvalue weighted by molar-refractivity contribution is -0.140. The van der Waals surface area contributed by atoms with Gasteiger partial charge in [0, 0.05) is 5.75 Å². The highest BCUT2D eigenvalue weighted by molar-refractivity contribution is 7.98. The molecule has 0 saturated heterocycles. The van der Waals surface area contributed by atoms with Crippen LogP contribution in [-0.4, -0.2) is 29.3 Å². The molecule has 1 amide bonds.